The quantitative estimate of drug-likeness (QED) is 0.674. The van der Waals surface area contributed by atoms with Gasteiger partial charge in [0.15, 0.2) is 0 Å². The highest BCUT2D eigenvalue weighted by Crippen LogP contribution is 2.28. The molecule has 0 bridgehead atoms. The molecule has 1 amide bonds. The number of amides is 1. The first-order chi connectivity index (χ1) is 13.6. The first-order valence-corrected chi connectivity index (χ1v) is 9.21. The van der Waals surface area contributed by atoms with Gasteiger partial charge < -0.3 is 9.64 Å². The average molecular weight is 378 g/mol. The lowest BCUT2D eigenvalue weighted by atomic mass is 9.98. The van der Waals surface area contributed by atoms with E-state index in [1.807, 2.05) is 44.3 Å². The molecule has 1 aliphatic heterocycles. The summed E-state index contributed by atoms with van der Waals surface area (Å²) in [7, 11) is 1.87. The second kappa shape index (κ2) is 7.85. The van der Waals surface area contributed by atoms with Crippen LogP contribution in [0.25, 0.3) is 0 Å². The Bertz CT molecular complexity index is 972. The number of ether oxygens (including phenoxy) is 1. The largest absolute Gasteiger partial charge is 0.374 e. The normalized spacial score (nSPS) is 16.1. The van der Waals surface area contributed by atoms with Gasteiger partial charge in [0.1, 0.15) is 11.4 Å². The minimum atomic E-state index is -0.102. The highest BCUT2D eigenvalue weighted by atomic mass is 16.5. The van der Waals surface area contributed by atoms with Crippen molar-refractivity contribution in [3.05, 3.63) is 71.1 Å². The van der Waals surface area contributed by atoms with Crippen molar-refractivity contribution in [2.75, 3.05) is 13.2 Å². The molecule has 144 valence electrons. The molecule has 4 rings (SSSR count). The third kappa shape index (κ3) is 3.77. The molecule has 0 aromatic carbocycles. The second-order valence-corrected chi connectivity index (χ2v) is 6.93. The van der Waals surface area contributed by atoms with E-state index in [2.05, 4.69) is 20.3 Å². The fraction of sp³-hybridized carbons (Fsp3) is 0.350. The number of hydrogen-bond donors (Lipinski definition) is 0. The first kappa shape index (κ1) is 18.2. The van der Waals surface area contributed by atoms with Crippen molar-refractivity contribution >= 4 is 5.91 Å². The molecular formula is C20H22N6O2. The molecule has 0 saturated heterocycles. The van der Waals surface area contributed by atoms with Crippen LogP contribution in [0.4, 0.5) is 0 Å². The smallest absolute Gasteiger partial charge is 0.272 e. The number of pyridine rings is 2. The Kier molecular flexibility index (Phi) is 5.12. The van der Waals surface area contributed by atoms with Crippen LogP contribution >= 0.6 is 0 Å². The molecule has 1 aliphatic rings. The summed E-state index contributed by atoms with van der Waals surface area (Å²) < 4.78 is 7.68. The Morgan fingerprint density at radius 2 is 2.14 bits per heavy atom. The highest BCUT2D eigenvalue weighted by Gasteiger charge is 2.33. The van der Waals surface area contributed by atoms with Crippen LogP contribution in [0.5, 0.6) is 0 Å². The van der Waals surface area contributed by atoms with Gasteiger partial charge in [-0.2, -0.15) is 0 Å². The van der Waals surface area contributed by atoms with Gasteiger partial charge in [0.2, 0.25) is 0 Å². The number of carbonyl (C=O) groups excluding carboxylic acids is 1. The summed E-state index contributed by atoms with van der Waals surface area (Å²) >= 11 is 0. The summed E-state index contributed by atoms with van der Waals surface area (Å²) in [5.41, 5.74) is 3.96. The summed E-state index contributed by atoms with van der Waals surface area (Å²) in [6.45, 7) is 3.71. The molecule has 0 spiro atoms. The fourth-order valence-corrected chi connectivity index (χ4v) is 3.52. The van der Waals surface area contributed by atoms with Gasteiger partial charge in [-0.25, -0.2) is 4.98 Å². The number of hydrogen-bond acceptors (Lipinski definition) is 6. The summed E-state index contributed by atoms with van der Waals surface area (Å²) in [6.07, 6.45) is 1.75. The lowest BCUT2D eigenvalue weighted by Crippen LogP contribution is -2.40. The number of nitrogens with zero attached hydrogens (tertiary/aromatic N) is 6. The van der Waals surface area contributed by atoms with E-state index in [0.717, 1.165) is 22.8 Å². The molecule has 0 unspecified atom stereocenters. The Morgan fingerprint density at radius 3 is 2.93 bits per heavy atom. The number of fused-ring (bicyclic) bond motifs is 1. The van der Waals surface area contributed by atoms with Gasteiger partial charge in [0, 0.05) is 31.4 Å². The van der Waals surface area contributed by atoms with E-state index in [4.69, 9.17) is 4.74 Å². The molecule has 1 atom stereocenters. The van der Waals surface area contributed by atoms with Crippen LogP contribution in [0.15, 0.2) is 42.6 Å². The topological polar surface area (TPSA) is 86.0 Å². The van der Waals surface area contributed by atoms with Gasteiger partial charge in [-0.05, 0) is 31.2 Å². The van der Waals surface area contributed by atoms with Crippen molar-refractivity contribution in [2.45, 2.75) is 26.0 Å². The van der Waals surface area contributed by atoms with Crippen molar-refractivity contribution < 1.29 is 9.53 Å². The van der Waals surface area contributed by atoms with Crippen LogP contribution in [-0.2, 0) is 24.9 Å². The van der Waals surface area contributed by atoms with Gasteiger partial charge >= 0.3 is 0 Å². The van der Waals surface area contributed by atoms with Gasteiger partial charge in [-0.3, -0.25) is 14.5 Å². The van der Waals surface area contributed by atoms with E-state index in [-0.39, 0.29) is 11.8 Å². The Hall–Kier alpha value is -3.13. The Morgan fingerprint density at radius 1 is 1.25 bits per heavy atom. The summed E-state index contributed by atoms with van der Waals surface area (Å²) in [4.78, 5) is 23.4. The molecule has 28 heavy (non-hydrogen) atoms. The molecule has 8 nitrogen and oxygen atoms in total. The number of rotatable bonds is 5. The molecular weight excluding hydrogens is 356 g/mol. The van der Waals surface area contributed by atoms with Crippen molar-refractivity contribution in [3.63, 3.8) is 0 Å². The molecule has 0 N–H and O–H groups in total. The van der Waals surface area contributed by atoms with Crippen LogP contribution in [-0.4, -0.2) is 48.9 Å². The zero-order valence-electron chi connectivity index (χ0n) is 15.9. The first-order valence-electron chi connectivity index (χ1n) is 9.21. The van der Waals surface area contributed by atoms with E-state index >= 15 is 0 Å². The zero-order valence-corrected chi connectivity index (χ0v) is 15.9. The van der Waals surface area contributed by atoms with Gasteiger partial charge in [0.25, 0.3) is 5.91 Å². The average Bonchev–Trinajstić information content (AvgIpc) is 3.09. The summed E-state index contributed by atoms with van der Waals surface area (Å²) in [6, 6.07) is 11.2. The molecule has 0 aliphatic carbocycles. The van der Waals surface area contributed by atoms with E-state index in [1.165, 1.54) is 0 Å². The van der Waals surface area contributed by atoms with Crippen LogP contribution in [0.2, 0.25) is 0 Å². The number of aromatic nitrogens is 5. The van der Waals surface area contributed by atoms with Gasteiger partial charge in [-0.15, -0.1) is 5.10 Å². The maximum Gasteiger partial charge on any atom is 0.272 e. The standard InChI is InChI=1S/C20H22N6O2/c1-14-6-5-8-17(22-14)20(27)26-10-15(19-18(11-26)23-24-25(19)2)12-28-13-16-7-3-4-9-21-16/h3-9,15H,10-13H2,1-2H3/t15-/m0/s1. The molecule has 0 radical (unpaired) electrons. The van der Waals surface area contributed by atoms with Crippen molar-refractivity contribution in [1.82, 2.24) is 29.9 Å². The molecule has 8 heteroatoms. The van der Waals surface area contributed by atoms with E-state index in [9.17, 15) is 4.79 Å². The number of carbonyl (C=O) groups is 1. The predicted octanol–water partition coefficient (Wildman–Crippen LogP) is 1.87. The molecule has 0 fully saturated rings. The summed E-state index contributed by atoms with van der Waals surface area (Å²) in [5.74, 6) is -0.115. The maximum absolute atomic E-state index is 13.0. The van der Waals surface area contributed by atoms with Gasteiger partial charge in [-0.1, -0.05) is 17.3 Å². The number of aryl methyl sites for hydroxylation is 2. The van der Waals surface area contributed by atoms with Crippen LogP contribution in [0, 0.1) is 6.92 Å². The van der Waals surface area contributed by atoms with Crippen LogP contribution in [0.3, 0.4) is 0 Å². The van der Waals surface area contributed by atoms with Gasteiger partial charge in [0.05, 0.1) is 31.1 Å². The van der Waals surface area contributed by atoms with Crippen LogP contribution < -0.4 is 0 Å². The Balaban J connectivity index is 1.50. The molecule has 4 heterocycles. The lowest BCUT2D eigenvalue weighted by Gasteiger charge is -2.32. The van der Waals surface area contributed by atoms with E-state index < -0.39 is 0 Å². The lowest BCUT2D eigenvalue weighted by molar-refractivity contribution is 0.0598. The van der Waals surface area contributed by atoms with E-state index in [1.54, 1.807) is 21.8 Å². The SMILES string of the molecule is Cc1cccc(C(=O)N2Cc3nnn(C)c3[C@H](COCc3ccccn3)C2)n1. The minimum Gasteiger partial charge on any atom is -0.374 e. The molecule has 3 aromatic rings. The Labute approximate surface area is 163 Å². The monoisotopic (exact) mass is 378 g/mol. The highest BCUT2D eigenvalue weighted by molar-refractivity contribution is 5.92. The minimum absolute atomic E-state index is 0.0128. The van der Waals surface area contributed by atoms with E-state index in [0.29, 0.717) is 32.0 Å². The maximum atomic E-state index is 13.0. The zero-order chi connectivity index (χ0) is 19.5. The van der Waals surface area contributed by atoms with Crippen molar-refractivity contribution in [2.24, 2.45) is 7.05 Å². The fourth-order valence-electron chi connectivity index (χ4n) is 3.52. The third-order valence-electron chi connectivity index (χ3n) is 4.80. The molecule has 3 aromatic heterocycles. The van der Waals surface area contributed by atoms with Crippen LogP contribution in [0.1, 0.15) is 39.2 Å². The molecule has 0 saturated carbocycles. The van der Waals surface area contributed by atoms with Crippen molar-refractivity contribution in [3.8, 4) is 0 Å². The summed E-state index contributed by atoms with van der Waals surface area (Å²) in [5, 5.41) is 8.39. The second-order valence-electron chi connectivity index (χ2n) is 6.93. The van der Waals surface area contributed by atoms with Crippen molar-refractivity contribution in [1.29, 1.82) is 0 Å². The third-order valence-corrected chi connectivity index (χ3v) is 4.80. The predicted molar refractivity (Wildman–Crippen MR) is 101 cm³/mol.